The summed E-state index contributed by atoms with van der Waals surface area (Å²) >= 11 is 0. The molecule has 0 aliphatic carbocycles. The molecule has 3 rings (SSSR count). The molecule has 0 aliphatic heterocycles. The average Bonchev–Trinajstić information content (AvgIpc) is 2.92. The zero-order valence-corrected chi connectivity index (χ0v) is 13.5. The minimum atomic E-state index is -2.28. The first-order valence-electron chi connectivity index (χ1n) is 7.50. The second-order valence-electron chi connectivity index (χ2n) is 5.90. The first-order valence-corrected chi connectivity index (χ1v) is 7.50. The fourth-order valence-corrected chi connectivity index (χ4v) is 2.42. The average molecular weight is 369 g/mol. The highest BCUT2D eigenvalue weighted by atomic mass is 19.2. The number of nitrogens with one attached hydrogen (secondary N) is 1. The van der Waals surface area contributed by atoms with Gasteiger partial charge in [0.25, 0.3) is 0 Å². The molecule has 1 aromatic heterocycles. The van der Waals surface area contributed by atoms with Crippen LogP contribution in [-0.2, 0) is 0 Å². The van der Waals surface area contributed by atoms with Gasteiger partial charge < -0.3 is 10.1 Å². The van der Waals surface area contributed by atoms with Gasteiger partial charge >= 0.3 is 0 Å². The molecule has 0 fully saturated rings. The Kier molecular flexibility index (Phi) is 4.39. The monoisotopic (exact) mass is 369 g/mol. The molecule has 0 aliphatic rings. The number of azo groups is 1. The van der Waals surface area contributed by atoms with Crippen molar-refractivity contribution in [3.05, 3.63) is 52.8 Å². The molecule has 0 saturated carbocycles. The molecule has 9 heteroatoms. The predicted molar refractivity (Wildman–Crippen MR) is 84.5 cm³/mol. The standard InChI is InChI=1S/C17H12F5N3O/c1-6(2)7-3-4-9-8(5-7)15(17(26)23-9)24-25-16-13(21)11(19)10(18)12(20)14(16)22/h3-6,23,26H,1-2H3. The SMILES string of the molecule is CC(C)c1ccc2[nH]c(O)c(N=Nc3c(F)c(F)c(F)c(F)c3F)c2c1. The number of fused-ring (bicyclic) bond motifs is 1. The van der Waals surface area contributed by atoms with Gasteiger partial charge in [-0.15, -0.1) is 10.2 Å². The summed E-state index contributed by atoms with van der Waals surface area (Å²) in [6.45, 7) is 3.87. The number of H-pyrrole nitrogens is 1. The lowest BCUT2D eigenvalue weighted by molar-refractivity contribution is 0.380. The molecule has 26 heavy (non-hydrogen) atoms. The van der Waals surface area contributed by atoms with Crippen molar-refractivity contribution in [2.75, 3.05) is 0 Å². The van der Waals surface area contributed by atoms with E-state index in [4.69, 9.17) is 0 Å². The van der Waals surface area contributed by atoms with Gasteiger partial charge in [0, 0.05) is 5.39 Å². The Hall–Kier alpha value is -2.97. The third-order valence-electron chi connectivity index (χ3n) is 3.88. The zero-order valence-electron chi connectivity index (χ0n) is 13.5. The quantitative estimate of drug-likeness (QED) is 0.249. The van der Waals surface area contributed by atoms with Gasteiger partial charge in [0.2, 0.25) is 11.7 Å². The van der Waals surface area contributed by atoms with Crippen molar-refractivity contribution < 1.29 is 27.1 Å². The minimum Gasteiger partial charge on any atom is -0.493 e. The molecule has 136 valence electrons. The van der Waals surface area contributed by atoms with E-state index in [0.29, 0.717) is 10.9 Å². The first-order chi connectivity index (χ1) is 12.2. The van der Waals surface area contributed by atoms with Gasteiger partial charge in [-0.2, -0.15) is 0 Å². The number of hydrogen-bond acceptors (Lipinski definition) is 3. The zero-order chi connectivity index (χ0) is 19.2. The van der Waals surface area contributed by atoms with Crippen molar-refractivity contribution in [2.45, 2.75) is 19.8 Å². The number of halogens is 5. The maximum atomic E-state index is 13.7. The van der Waals surface area contributed by atoms with Crippen LogP contribution in [0.5, 0.6) is 5.88 Å². The van der Waals surface area contributed by atoms with E-state index in [-0.39, 0.29) is 11.6 Å². The van der Waals surface area contributed by atoms with Crippen molar-refractivity contribution in [3.8, 4) is 5.88 Å². The first kappa shape index (κ1) is 17.8. The summed E-state index contributed by atoms with van der Waals surface area (Å²) in [5, 5.41) is 17.0. The van der Waals surface area contributed by atoms with Crippen LogP contribution in [0.1, 0.15) is 25.3 Å². The fourth-order valence-electron chi connectivity index (χ4n) is 2.42. The van der Waals surface area contributed by atoms with Crippen LogP contribution < -0.4 is 0 Å². The highest BCUT2D eigenvalue weighted by Gasteiger charge is 2.26. The molecule has 1 heterocycles. The Morgan fingerprint density at radius 2 is 1.38 bits per heavy atom. The topological polar surface area (TPSA) is 60.7 Å². The van der Waals surface area contributed by atoms with Crippen molar-refractivity contribution in [1.29, 1.82) is 0 Å². The molecule has 0 spiro atoms. The summed E-state index contributed by atoms with van der Waals surface area (Å²) in [5.74, 6) is -11.0. The Bertz CT molecular complexity index is 1010. The van der Waals surface area contributed by atoms with Gasteiger partial charge in [0.1, 0.15) is 0 Å². The number of rotatable bonds is 3. The number of benzene rings is 2. The second kappa shape index (κ2) is 6.40. The van der Waals surface area contributed by atoms with Crippen LogP contribution in [0.2, 0.25) is 0 Å². The van der Waals surface area contributed by atoms with E-state index in [0.717, 1.165) is 5.56 Å². The van der Waals surface area contributed by atoms with Crippen LogP contribution in [0.4, 0.5) is 33.3 Å². The van der Waals surface area contributed by atoms with E-state index in [2.05, 4.69) is 15.2 Å². The molecule has 0 amide bonds. The summed E-state index contributed by atoms with van der Waals surface area (Å²) in [4.78, 5) is 2.60. The fraction of sp³-hybridized carbons (Fsp3) is 0.176. The van der Waals surface area contributed by atoms with Gasteiger partial charge in [-0.3, -0.25) is 0 Å². The van der Waals surface area contributed by atoms with Crippen molar-refractivity contribution in [3.63, 3.8) is 0 Å². The molecular weight excluding hydrogens is 357 g/mol. The lowest BCUT2D eigenvalue weighted by atomic mass is 10.0. The number of nitrogens with zero attached hydrogens (tertiary/aromatic N) is 2. The Morgan fingerprint density at radius 3 is 1.96 bits per heavy atom. The van der Waals surface area contributed by atoms with Crippen LogP contribution >= 0.6 is 0 Å². The van der Waals surface area contributed by atoms with Gasteiger partial charge in [0.15, 0.2) is 34.6 Å². The van der Waals surface area contributed by atoms with Gasteiger partial charge in [-0.05, 0) is 23.6 Å². The molecule has 3 aromatic rings. The highest BCUT2D eigenvalue weighted by molar-refractivity contribution is 5.94. The number of aromatic amines is 1. The predicted octanol–water partition coefficient (Wildman–Crippen LogP) is 6.11. The van der Waals surface area contributed by atoms with Crippen molar-refractivity contribution in [1.82, 2.24) is 4.98 Å². The summed E-state index contributed by atoms with van der Waals surface area (Å²) in [6.07, 6.45) is 0. The molecule has 2 N–H and O–H groups in total. The van der Waals surface area contributed by atoms with E-state index in [1.54, 1.807) is 12.1 Å². The Labute approximate surface area is 144 Å². The largest absolute Gasteiger partial charge is 0.493 e. The van der Waals surface area contributed by atoms with Gasteiger partial charge in [-0.1, -0.05) is 19.9 Å². The van der Waals surface area contributed by atoms with E-state index < -0.39 is 40.7 Å². The smallest absolute Gasteiger partial charge is 0.218 e. The maximum Gasteiger partial charge on any atom is 0.218 e. The summed E-state index contributed by atoms with van der Waals surface area (Å²) in [7, 11) is 0. The van der Waals surface area contributed by atoms with Crippen LogP contribution in [0.3, 0.4) is 0 Å². The maximum absolute atomic E-state index is 13.7. The van der Waals surface area contributed by atoms with E-state index in [1.165, 1.54) is 0 Å². The van der Waals surface area contributed by atoms with Crippen molar-refractivity contribution >= 4 is 22.3 Å². The normalized spacial score (nSPS) is 12.0. The lowest BCUT2D eigenvalue weighted by Gasteiger charge is -2.05. The molecule has 4 nitrogen and oxygen atoms in total. The van der Waals surface area contributed by atoms with Crippen LogP contribution in [0, 0.1) is 29.1 Å². The van der Waals surface area contributed by atoms with Gasteiger partial charge in [0.05, 0.1) is 5.52 Å². The lowest BCUT2D eigenvalue weighted by Crippen LogP contribution is -2.00. The number of aromatic nitrogens is 1. The summed E-state index contributed by atoms with van der Waals surface area (Å²) in [5.41, 5.74) is -0.246. The number of hydrogen-bond donors (Lipinski definition) is 2. The third-order valence-corrected chi connectivity index (χ3v) is 3.88. The van der Waals surface area contributed by atoms with Crippen molar-refractivity contribution in [2.24, 2.45) is 10.2 Å². The molecule has 0 atom stereocenters. The Balaban J connectivity index is 2.15. The molecule has 0 radical (unpaired) electrons. The van der Waals surface area contributed by atoms with Crippen LogP contribution in [-0.4, -0.2) is 10.1 Å². The van der Waals surface area contributed by atoms with E-state index in [1.807, 2.05) is 19.9 Å². The highest BCUT2D eigenvalue weighted by Crippen LogP contribution is 2.38. The third kappa shape index (κ3) is 2.79. The summed E-state index contributed by atoms with van der Waals surface area (Å²) in [6, 6.07) is 5.17. The Morgan fingerprint density at radius 1 is 0.846 bits per heavy atom. The van der Waals surface area contributed by atoms with Crippen LogP contribution in [0.25, 0.3) is 10.9 Å². The molecule has 0 unspecified atom stereocenters. The van der Waals surface area contributed by atoms with Gasteiger partial charge in [-0.25, -0.2) is 22.0 Å². The molecular formula is C17H12F5N3O. The van der Waals surface area contributed by atoms with Crippen LogP contribution in [0.15, 0.2) is 28.4 Å². The molecule has 0 saturated heterocycles. The van der Waals surface area contributed by atoms with E-state index in [9.17, 15) is 27.1 Å². The summed E-state index contributed by atoms with van der Waals surface area (Å²) < 4.78 is 66.8. The molecule has 0 bridgehead atoms. The van der Waals surface area contributed by atoms with E-state index >= 15 is 0 Å². The second-order valence-corrected chi connectivity index (χ2v) is 5.90. The molecule has 2 aromatic carbocycles. The number of aromatic hydroxyl groups is 1. The minimum absolute atomic E-state index is 0.149.